The summed E-state index contributed by atoms with van der Waals surface area (Å²) in [5.74, 6) is 0.926. The average molecular weight is 231 g/mol. The molecule has 0 aliphatic rings. The molecule has 1 aromatic carbocycles. The van der Waals surface area contributed by atoms with E-state index in [0.717, 1.165) is 24.4 Å². The van der Waals surface area contributed by atoms with Crippen LogP contribution in [0.4, 0.5) is 0 Å². The third-order valence-electron chi connectivity index (χ3n) is 2.45. The molecule has 0 saturated heterocycles. The summed E-state index contributed by atoms with van der Waals surface area (Å²) in [5.41, 5.74) is 2.37. The van der Waals surface area contributed by atoms with Crippen LogP contribution < -0.4 is 10.1 Å². The van der Waals surface area contributed by atoms with Gasteiger partial charge in [0.1, 0.15) is 12.4 Å². The van der Waals surface area contributed by atoms with Gasteiger partial charge in [-0.15, -0.1) is 0 Å². The number of hydrogen-bond acceptors (Lipinski definition) is 3. The van der Waals surface area contributed by atoms with E-state index in [-0.39, 0.29) is 0 Å². The summed E-state index contributed by atoms with van der Waals surface area (Å²) in [7, 11) is 0. The second kappa shape index (κ2) is 6.11. The highest BCUT2D eigenvalue weighted by Gasteiger charge is 1.95. The van der Waals surface area contributed by atoms with Crippen molar-refractivity contribution in [3.63, 3.8) is 0 Å². The van der Waals surface area contributed by atoms with Crippen molar-refractivity contribution in [1.82, 2.24) is 5.32 Å². The summed E-state index contributed by atoms with van der Waals surface area (Å²) >= 11 is 0. The number of ether oxygens (including phenoxy) is 1. The molecule has 17 heavy (non-hydrogen) atoms. The summed E-state index contributed by atoms with van der Waals surface area (Å²) in [6.07, 6.45) is 3.43. The Morgan fingerprint density at radius 1 is 1.29 bits per heavy atom. The molecule has 90 valence electrons. The quantitative estimate of drug-likeness (QED) is 0.776. The lowest BCUT2D eigenvalue weighted by atomic mass is 10.2. The highest BCUT2D eigenvalue weighted by Crippen LogP contribution is 2.11. The monoisotopic (exact) mass is 231 g/mol. The van der Waals surface area contributed by atoms with Crippen molar-refractivity contribution in [3.05, 3.63) is 54.0 Å². The maximum atomic E-state index is 5.62. The van der Waals surface area contributed by atoms with Crippen LogP contribution in [0.15, 0.2) is 47.3 Å². The van der Waals surface area contributed by atoms with Gasteiger partial charge < -0.3 is 14.5 Å². The maximum absolute atomic E-state index is 5.62. The highest BCUT2D eigenvalue weighted by atomic mass is 16.5. The fourth-order valence-corrected chi connectivity index (χ4v) is 1.57. The van der Waals surface area contributed by atoms with Crippen molar-refractivity contribution < 1.29 is 9.15 Å². The predicted molar refractivity (Wildman–Crippen MR) is 67.1 cm³/mol. The van der Waals surface area contributed by atoms with Crippen LogP contribution in [0.25, 0.3) is 0 Å². The minimum absolute atomic E-state index is 0.668. The van der Waals surface area contributed by atoms with Crippen molar-refractivity contribution in [1.29, 1.82) is 0 Å². The zero-order chi connectivity index (χ0) is 11.9. The maximum Gasteiger partial charge on any atom is 0.119 e. The number of hydrogen-bond donors (Lipinski definition) is 1. The SMILES string of the molecule is Cc1cccc(OCCNCc2ccoc2)c1. The van der Waals surface area contributed by atoms with Crippen LogP contribution in [0.2, 0.25) is 0 Å². The van der Waals surface area contributed by atoms with Crippen LogP contribution in [0.3, 0.4) is 0 Å². The molecule has 0 spiro atoms. The lowest BCUT2D eigenvalue weighted by molar-refractivity contribution is 0.313. The molecule has 2 rings (SSSR count). The van der Waals surface area contributed by atoms with Gasteiger partial charge in [-0.05, 0) is 30.7 Å². The van der Waals surface area contributed by atoms with E-state index in [0.29, 0.717) is 6.61 Å². The Labute approximate surface area is 101 Å². The van der Waals surface area contributed by atoms with Crippen molar-refractivity contribution >= 4 is 0 Å². The van der Waals surface area contributed by atoms with Gasteiger partial charge in [0.2, 0.25) is 0 Å². The Hall–Kier alpha value is -1.74. The van der Waals surface area contributed by atoms with Crippen LogP contribution in [0, 0.1) is 6.92 Å². The molecule has 1 aromatic heterocycles. The van der Waals surface area contributed by atoms with Crippen molar-refractivity contribution in [2.45, 2.75) is 13.5 Å². The van der Waals surface area contributed by atoms with Crippen LogP contribution >= 0.6 is 0 Å². The first-order valence-electron chi connectivity index (χ1n) is 5.76. The van der Waals surface area contributed by atoms with Gasteiger partial charge in [0.25, 0.3) is 0 Å². The zero-order valence-electron chi connectivity index (χ0n) is 9.98. The highest BCUT2D eigenvalue weighted by molar-refractivity contribution is 5.27. The summed E-state index contributed by atoms with van der Waals surface area (Å²) < 4.78 is 10.6. The van der Waals surface area contributed by atoms with Crippen LogP contribution in [0.5, 0.6) is 5.75 Å². The molecule has 0 saturated carbocycles. The molecule has 3 nitrogen and oxygen atoms in total. The normalized spacial score (nSPS) is 10.4. The molecule has 0 atom stereocenters. The van der Waals surface area contributed by atoms with E-state index in [4.69, 9.17) is 9.15 Å². The average Bonchev–Trinajstić information content (AvgIpc) is 2.82. The Bertz CT molecular complexity index is 437. The molecule has 1 N–H and O–H groups in total. The van der Waals surface area contributed by atoms with E-state index in [9.17, 15) is 0 Å². The molecule has 0 fully saturated rings. The number of furan rings is 1. The summed E-state index contributed by atoms with van der Waals surface area (Å²) in [4.78, 5) is 0. The molecular formula is C14H17NO2. The standard InChI is InChI=1S/C14H17NO2/c1-12-3-2-4-14(9-12)17-8-6-15-10-13-5-7-16-11-13/h2-5,7,9,11,15H,6,8,10H2,1H3. The van der Waals surface area contributed by atoms with E-state index in [2.05, 4.69) is 18.3 Å². The molecule has 0 radical (unpaired) electrons. The van der Waals surface area contributed by atoms with Crippen molar-refractivity contribution in [2.75, 3.05) is 13.2 Å². The molecule has 0 aliphatic heterocycles. The molecular weight excluding hydrogens is 214 g/mol. The third kappa shape index (κ3) is 3.96. The molecule has 0 amide bonds. The smallest absolute Gasteiger partial charge is 0.119 e. The zero-order valence-corrected chi connectivity index (χ0v) is 9.98. The van der Waals surface area contributed by atoms with Crippen LogP contribution in [-0.4, -0.2) is 13.2 Å². The van der Waals surface area contributed by atoms with Crippen molar-refractivity contribution in [3.8, 4) is 5.75 Å². The first-order valence-corrected chi connectivity index (χ1v) is 5.76. The Kier molecular flexibility index (Phi) is 4.22. The topological polar surface area (TPSA) is 34.4 Å². The van der Waals surface area contributed by atoms with Gasteiger partial charge in [-0.3, -0.25) is 0 Å². The summed E-state index contributed by atoms with van der Waals surface area (Å²) in [6.45, 7) is 4.36. The second-order valence-corrected chi connectivity index (χ2v) is 3.97. The Balaban J connectivity index is 1.63. The van der Waals surface area contributed by atoms with Gasteiger partial charge in [-0.1, -0.05) is 12.1 Å². The summed E-state index contributed by atoms with van der Waals surface area (Å²) in [6, 6.07) is 10.0. The molecule has 0 aliphatic carbocycles. The number of benzene rings is 1. The van der Waals surface area contributed by atoms with E-state index >= 15 is 0 Å². The van der Waals surface area contributed by atoms with Crippen molar-refractivity contribution in [2.24, 2.45) is 0 Å². The van der Waals surface area contributed by atoms with Gasteiger partial charge in [-0.25, -0.2) is 0 Å². The minimum atomic E-state index is 0.668. The molecule has 3 heteroatoms. The lowest BCUT2D eigenvalue weighted by Crippen LogP contribution is -2.20. The fraction of sp³-hybridized carbons (Fsp3) is 0.286. The largest absolute Gasteiger partial charge is 0.492 e. The minimum Gasteiger partial charge on any atom is -0.492 e. The van der Waals surface area contributed by atoms with Gasteiger partial charge in [0.15, 0.2) is 0 Å². The van der Waals surface area contributed by atoms with E-state index < -0.39 is 0 Å². The van der Waals surface area contributed by atoms with Gasteiger partial charge in [0, 0.05) is 18.7 Å². The molecule has 2 aromatic rings. The first-order chi connectivity index (χ1) is 8.34. The number of rotatable bonds is 6. The Morgan fingerprint density at radius 3 is 3.00 bits per heavy atom. The lowest BCUT2D eigenvalue weighted by Gasteiger charge is -2.07. The second-order valence-electron chi connectivity index (χ2n) is 3.97. The van der Waals surface area contributed by atoms with Crippen LogP contribution in [-0.2, 0) is 6.54 Å². The van der Waals surface area contributed by atoms with E-state index in [1.807, 2.05) is 24.3 Å². The summed E-state index contributed by atoms with van der Waals surface area (Å²) in [5, 5.41) is 3.29. The van der Waals surface area contributed by atoms with E-state index in [1.165, 1.54) is 5.56 Å². The Morgan fingerprint density at radius 2 is 2.24 bits per heavy atom. The molecule has 0 unspecified atom stereocenters. The van der Waals surface area contributed by atoms with Gasteiger partial charge >= 0.3 is 0 Å². The fourth-order valence-electron chi connectivity index (χ4n) is 1.57. The third-order valence-corrected chi connectivity index (χ3v) is 2.45. The van der Waals surface area contributed by atoms with Crippen LogP contribution in [0.1, 0.15) is 11.1 Å². The molecule has 0 bridgehead atoms. The predicted octanol–water partition coefficient (Wildman–Crippen LogP) is 2.76. The van der Waals surface area contributed by atoms with Gasteiger partial charge in [0.05, 0.1) is 12.5 Å². The first kappa shape index (κ1) is 11.7. The number of aryl methyl sites for hydroxylation is 1. The molecule has 1 heterocycles. The van der Waals surface area contributed by atoms with E-state index in [1.54, 1.807) is 12.5 Å². The number of nitrogens with one attached hydrogen (secondary N) is 1. The van der Waals surface area contributed by atoms with Gasteiger partial charge in [-0.2, -0.15) is 0 Å².